The summed E-state index contributed by atoms with van der Waals surface area (Å²) in [6.45, 7) is 12.7. The van der Waals surface area contributed by atoms with Gasteiger partial charge in [-0.25, -0.2) is 0 Å². The second-order valence-corrected chi connectivity index (χ2v) is 30.6. The first-order chi connectivity index (χ1) is 43.9. The minimum atomic E-state index is -2.04. The van der Waals surface area contributed by atoms with E-state index in [-0.39, 0.29) is 29.6 Å². The van der Waals surface area contributed by atoms with Crippen LogP contribution in [0.15, 0.2) is 11.6 Å². The van der Waals surface area contributed by atoms with Crippen molar-refractivity contribution in [1.82, 2.24) is 0 Å². The van der Waals surface area contributed by atoms with Crippen molar-refractivity contribution >= 4 is 17.9 Å². The zero-order valence-corrected chi connectivity index (χ0v) is 54.8. The molecule has 9 fully saturated rings. The SMILES string of the molecule is COC(=O)CC(C)(O)CC(=O)O[C@@H]1[C@@H](O[C@@H]2OC[C@@H](O)[C@H](O)[C@H]2O)[C@@H](O)[C@H](O[C@H]2[C@H](OC(=O)[C@]34CCC(C)(C)C[C@H]3C3=CCC5[C@@]6(C)C[C@H](O)[C@H](O[C@@H]7O[C@H](CO)[C@@H](O)[C@H](O)[C@H]7O[C@@H]7OC[C@H](O)[C@H](O)[C@H]7O)[C@@](C)(CO)C6CC[C@@]5(C)[C@]3(C)CC4)OC[C@H](O)[C@@H]2O)O[C@H]1C. The Bertz CT molecular complexity index is 2700. The number of hydrogen-bond acceptors (Lipinski definition) is 30. The number of esters is 3. The lowest BCUT2D eigenvalue weighted by Crippen LogP contribution is -2.70. The van der Waals surface area contributed by atoms with Crippen LogP contribution in [0.2, 0.25) is 0 Å². The van der Waals surface area contributed by atoms with Crippen LogP contribution in [-0.2, 0) is 71.2 Å². The fourth-order valence-corrected chi connectivity index (χ4v) is 18.3. The van der Waals surface area contributed by atoms with E-state index in [2.05, 4.69) is 45.4 Å². The molecular formula is C64H102O30. The average molecular weight is 1350 g/mol. The van der Waals surface area contributed by atoms with Gasteiger partial charge in [-0.1, -0.05) is 53.2 Å². The zero-order valence-electron chi connectivity index (χ0n) is 54.8. The molecule has 5 aliphatic heterocycles. The molecular weight excluding hydrogens is 1250 g/mol. The second-order valence-electron chi connectivity index (χ2n) is 30.6. The van der Waals surface area contributed by atoms with Crippen LogP contribution in [0.25, 0.3) is 0 Å². The lowest BCUT2D eigenvalue weighted by molar-refractivity contribution is -0.377. The fraction of sp³-hybridized carbons (Fsp3) is 0.922. The van der Waals surface area contributed by atoms with Crippen molar-refractivity contribution in [2.45, 2.75) is 279 Å². The minimum absolute atomic E-state index is 0.113. The molecule has 30 heteroatoms. The van der Waals surface area contributed by atoms with Crippen molar-refractivity contribution in [1.29, 1.82) is 0 Å². The molecule has 33 atom stereocenters. The molecule has 5 heterocycles. The summed E-state index contributed by atoms with van der Waals surface area (Å²) >= 11 is 0. The highest BCUT2D eigenvalue weighted by Gasteiger charge is 2.72. The predicted molar refractivity (Wildman–Crippen MR) is 315 cm³/mol. The number of carbonyl (C=O) groups is 3. The van der Waals surface area contributed by atoms with Crippen LogP contribution in [0.4, 0.5) is 0 Å². The molecule has 5 saturated heterocycles. The first-order valence-electron chi connectivity index (χ1n) is 33.0. The van der Waals surface area contributed by atoms with Gasteiger partial charge in [-0.05, 0) is 111 Å². The van der Waals surface area contributed by atoms with E-state index in [4.69, 9.17) is 52.1 Å². The standard InChI is InChI=1S/C64H102O30/c1-27-47(89-38(72)21-59(4,82)20-37(71)83-9)48(90-52-44(78)39(73)31(68)23-84-52)46(80)54(87-27)92-49-41(75)33(70)25-86-55(49)94-57(81)64-16-14-58(2,3)18-29(64)28-10-11-36-60(5)19-30(67)51(61(6,26-66)35(60)12-13-63(36,8)62(28,7)15-17-64)93-56-50(43(77)42(76)34(22-65)88-56)91-53-45(79)40(74)32(69)24-85-53/h10,27,29-36,39-56,65-70,73-80,82H,11-26H2,1-9H3/t27-,29-,30-,31+,32-,33-,34+,35?,36?,39-,40-,41-,42+,43-,44+,45+,46+,47-,48-,49+,50+,51-,52-,53-,54-,55-,56-,59?,60-,61-,62+,63+,64-/m0/s1. The summed E-state index contributed by atoms with van der Waals surface area (Å²) in [6.07, 6.45) is -34.5. The maximum absolute atomic E-state index is 15.6. The Kier molecular flexibility index (Phi) is 21.7. The van der Waals surface area contributed by atoms with Crippen molar-refractivity contribution in [2.24, 2.45) is 50.2 Å². The summed E-state index contributed by atoms with van der Waals surface area (Å²) in [5, 5.41) is 166. The third-order valence-corrected chi connectivity index (χ3v) is 23.9. The molecule has 0 aromatic rings. The number of hydrogen-bond donors (Lipinski definition) is 15. The topological polar surface area (TPSA) is 465 Å². The smallest absolute Gasteiger partial charge is 0.315 e. The van der Waals surface area contributed by atoms with Gasteiger partial charge >= 0.3 is 17.9 Å². The van der Waals surface area contributed by atoms with Crippen molar-refractivity contribution < 1.29 is 148 Å². The van der Waals surface area contributed by atoms with E-state index in [1.54, 1.807) is 0 Å². The van der Waals surface area contributed by atoms with Gasteiger partial charge in [0.25, 0.3) is 0 Å². The number of methoxy groups -OCH3 is 1. The maximum atomic E-state index is 15.6. The van der Waals surface area contributed by atoms with Crippen LogP contribution in [0.5, 0.6) is 0 Å². The molecule has 15 N–H and O–H groups in total. The fourth-order valence-electron chi connectivity index (χ4n) is 18.3. The summed E-state index contributed by atoms with van der Waals surface area (Å²) in [5.41, 5.74) is -5.20. The summed E-state index contributed by atoms with van der Waals surface area (Å²) in [6, 6.07) is 0. The van der Waals surface area contributed by atoms with Gasteiger partial charge in [-0.15, -0.1) is 0 Å². The minimum Gasteiger partial charge on any atom is -0.469 e. The van der Waals surface area contributed by atoms with E-state index in [0.29, 0.717) is 51.4 Å². The monoisotopic (exact) mass is 1350 g/mol. The summed E-state index contributed by atoms with van der Waals surface area (Å²) < 4.78 is 70.8. The molecule has 3 unspecified atom stereocenters. The Balaban J connectivity index is 0.891. The third-order valence-electron chi connectivity index (χ3n) is 23.9. The van der Waals surface area contributed by atoms with Crippen molar-refractivity contribution in [2.75, 3.05) is 40.1 Å². The van der Waals surface area contributed by atoms with E-state index in [1.165, 1.54) is 13.8 Å². The Hall–Kier alpha value is -2.81. The molecule has 0 amide bonds. The number of rotatable bonds is 17. The number of allylic oxidation sites excluding steroid dienone is 2. The van der Waals surface area contributed by atoms with Crippen LogP contribution in [-0.4, -0.2) is 288 Å². The molecule has 0 spiro atoms. The summed E-state index contributed by atoms with van der Waals surface area (Å²) in [4.78, 5) is 41.1. The van der Waals surface area contributed by atoms with E-state index in [0.717, 1.165) is 12.7 Å². The van der Waals surface area contributed by atoms with Crippen LogP contribution in [0.3, 0.4) is 0 Å². The number of ether oxygens (including phenoxy) is 12. The van der Waals surface area contributed by atoms with E-state index in [1.807, 2.05) is 6.92 Å². The molecule has 538 valence electrons. The lowest BCUT2D eigenvalue weighted by atomic mass is 9.33. The van der Waals surface area contributed by atoms with Gasteiger partial charge in [0, 0.05) is 5.41 Å². The Labute approximate surface area is 545 Å². The molecule has 0 aromatic heterocycles. The van der Waals surface area contributed by atoms with Gasteiger partial charge in [0.15, 0.2) is 37.4 Å². The largest absolute Gasteiger partial charge is 0.469 e. The van der Waals surface area contributed by atoms with E-state index < -0.39 is 244 Å². The number of aliphatic hydroxyl groups is 15. The lowest BCUT2D eigenvalue weighted by Gasteiger charge is -2.72. The number of fused-ring (bicyclic) bond motifs is 7. The summed E-state index contributed by atoms with van der Waals surface area (Å²) in [5.74, 6) is -3.39. The van der Waals surface area contributed by atoms with Gasteiger partial charge in [0.2, 0.25) is 6.29 Å². The van der Waals surface area contributed by atoms with Crippen LogP contribution in [0, 0.1) is 50.2 Å². The maximum Gasteiger partial charge on any atom is 0.315 e. The Morgan fingerprint density at radius 3 is 1.74 bits per heavy atom. The van der Waals surface area contributed by atoms with Gasteiger partial charge < -0.3 is 133 Å². The van der Waals surface area contributed by atoms with Crippen molar-refractivity contribution in [3.05, 3.63) is 11.6 Å². The first kappa shape index (κ1) is 73.9. The van der Waals surface area contributed by atoms with Gasteiger partial charge in [-0.2, -0.15) is 0 Å². The molecule has 10 rings (SSSR count). The zero-order chi connectivity index (χ0) is 68.9. The molecule has 0 radical (unpaired) electrons. The average Bonchev–Trinajstić information content (AvgIpc) is 0.674. The highest BCUT2D eigenvalue weighted by molar-refractivity contribution is 5.79. The molecule has 94 heavy (non-hydrogen) atoms. The van der Waals surface area contributed by atoms with Crippen LogP contribution in [0.1, 0.15) is 126 Å². The van der Waals surface area contributed by atoms with Crippen molar-refractivity contribution in [3.8, 4) is 0 Å². The highest BCUT2D eigenvalue weighted by atomic mass is 16.8. The molecule has 4 saturated carbocycles. The first-order valence-corrected chi connectivity index (χ1v) is 33.0. The van der Waals surface area contributed by atoms with E-state index >= 15 is 4.79 Å². The molecule has 10 aliphatic rings. The predicted octanol–water partition coefficient (Wildman–Crippen LogP) is -3.07. The Morgan fingerprint density at radius 1 is 0.574 bits per heavy atom. The van der Waals surface area contributed by atoms with Gasteiger partial charge in [-0.3, -0.25) is 14.4 Å². The van der Waals surface area contributed by atoms with Crippen molar-refractivity contribution in [3.63, 3.8) is 0 Å². The molecule has 0 bridgehead atoms. The van der Waals surface area contributed by atoms with Crippen LogP contribution < -0.4 is 0 Å². The quantitative estimate of drug-likeness (QED) is 0.0297. The van der Waals surface area contributed by atoms with E-state index in [9.17, 15) is 86.2 Å². The Morgan fingerprint density at radius 2 is 1.14 bits per heavy atom. The third kappa shape index (κ3) is 13.2. The highest BCUT2D eigenvalue weighted by Crippen LogP contribution is 2.76. The number of aliphatic hydroxyl groups excluding tert-OH is 14. The molecule has 5 aliphatic carbocycles. The van der Waals surface area contributed by atoms with Gasteiger partial charge in [0.05, 0.1) is 82.3 Å². The molecule has 30 nitrogen and oxygen atoms in total. The summed E-state index contributed by atoms with van der Waals surface area (Å²) in [7, 11) is 1.10. The number of carbonyl (C=O) groups excluding carboxylic acids is 3. The normalized spacial score (nSPS) is 50.9. The van der Waals surface area contributed by atoms with Crippen LogP contribution >= 0.6 is 0 Å². The van der Waals surface area contributed by atoms with Gasteiger partial charge in [0.1, 0.15) is 85.5 Å². The molecule has 0 aromatic carbocycles. The second kappa shape index (κ2) is 27.6.